The zero-order chi connectivity index (χ0) is 14.7. The summed E-state index contributed by atoms with van der Waals surface area (Å²) < 4.78 is 6.69. The standard InChI is InChI=1S/C13H24N4O2/c1-12(2,13(3,4)14)11(18)16-10-8-15-17(9-10)6-7-19-5/h8-9H,6-7,14H2,1-5H3,(H,16,18). The average molecular weight is 268 g/mol. The molecular weight excluding hydrogens is 244 g/mol. The summed E-state index contributed by atoms with van der Waals surface area (Å²) in [6, 6.07) is 0. The molecule has 1 heterocycles. The molecular formula is C13H24N4O2. The lowest BCUT2D eigenvalue weighted by Gasteiger charge is -2.36. The number of methoxy groups -OCH3 is 1. The number of ether oxygens (including phenoxy) is 1. The van der Waals surface area contributed by atoms with Crippen LogP contribution < -0.4 is 11.1 Å². The van der Waals surface area contributed by atoms with Crippen LogP contribution in [-0.4, -0.2) is 34.9 Å². The van der Waals surface area contributed by atoms with E-state index in [1.165, 1.54) is 0 Å². The molecule has 1 amide bonds. The number of nitrogens with zero attached hydrogens (tertiary/aromatic N) is 2. The number of anilines is 1. The number of hydrogen-bond acceptors (Lipinski definition) is 4. The molecule has 1 aromatic rings. The first kappa shape index (κ1) is 15.7. The molecule has 0 spiro atoms. The Morgan fingerprint density at radius 2 is 2.11 bits per heavy atom. The second-order valence-electron chi connectivity index (χ2n) is 5.79. The van der Waals surface area contributed by atoms with Crippen molar-refractivity contribution in [1.82, 2.24) is 9.78 Å². The van der Waals surface area contributed by atoms with Crippen molar-refractivity contribution < 1.29 is 9.53 Å². The fraction of sp³-hybridized carbons (Fsp3) is 0.692. The van der Waals surface area contributed by atoms with E-state index in [9.17, 15) is 4.79 Å². The van der Waals surface area contributed by atoms with Gasteiger partial charge in [0, 0.05) is 18.8 Å². The molecule has 6 nitrogen and oxygen atoms in total. The molecule has 108 valence electrons. The molecule has 1 rings (SSSR count). The lowest BCUT2D eigenvalue weighted by atomic mass is 9.74. The summed E-state index contributed by atoms with van der Waals surface area (Å²) in [5.41, 5.74) is 5.42. The fourth-order valence-corrected chi connectivity index (χ4v) is 1.32. The third kappa shape index (κ3) is 3.78. The smallest absolute Gasteiger partial charge is 0.231 e. The molecule has 6 heteroatoms. The monoisotopic (exact) mass is 268 g/mol. The Bertz CT molecular complexity index is 432. The van der Waals surface area contributed by atoms with E-state index in [0.29, 0.717) is 18.8 Å². The highest BCUT2D eigenvalue weighted by Crippen LogP contribution is 2.29. The van der Waals surface area contributed by atoms with Crippen LogP contribution in [0.25, 0.3) is 0 Å². The van der Waals surface area contributed by atoms with E-state index >= 15 is 0 Å². The third-order valence-corrected chi connectivity index (χ3v) is 3.59. The molecule has 0 saturated carbocycles. The second-order valence-corrected chi connectivity index (χ2v) is 5.79. The molecule has 0 aliphatic carbocycles. The molecule has 0 aromatic carbocycles. The predicted octanol–water partition coefficient (Wildman–Crippen LogP) is 1.23. The molecule has 0 aliphatic rings. The minimum absolute atomic E-state index is 0.119. The van der Waals surface area contributed by atoms with Crippen LogP contribution in [0.4, 0.5) is 5.69 Å². The normalized spacial score (nSPS) is 12.5. The number of rotatable bonds is 6. The lowest BCUT2D eigenvalue weighted by Crippen LogP contribution is -2.53. The first-order valence-corrected chi connectivity index (χ1v) is 6.30. The minimum atomic E-state index is -0.679. The Morgan fingerprint density at radius 1 is 1.47 bits per heavy atom. The van der Waals surface area contributed by atoms with Gasteiger partial charge in [-0.3, -0.25) is 9.48 Å². The molecule has 0 fully saturated rings. The summed E-state index contributed by atoms with van der Waals surface area (Å²) >= 11 is 0. The van der Waals surface area contributed by atoms with Gasteiger partial charge in [0.15, 0.2) is 0 Å². The molecule has 0 bridgehead atoms. The summed E-state index contributed by atoms with van der Waals surface area (Å²) in [5, 5.41) is 6.98. The highest BCUT2D eigenvalue weighted by Gasteiger charge is 2.40. The fourth-order valence-electron chi connectivity index (χ4n) is 1.32. The van der Waals surface area contributed by atoms with E-state index in [-0.39, 0.29) is 5.91 Å². The molecule has 0 unspecified atom stereocenters. The van der Waals surface area contributed by atoms with Gasteiger partial charge in [-0.05, 0) is 27.7 Å². The number of carbonyl (C=O) groups excluding carboxylic acids is 1. The SMILES string of the molecule is COCCn1cc(NC(=O)C(C)(C)C(C)(C)N)cn1. The van der Waals surface area contributed by atoms with Crippen LogP contribution in [-0.2, 0) is 16.1 Å². The summed E-state index contributed by atoms with van der Waals surface area (Å²) in [7, 11) is 1.64. The zero-order valence-electron chi connectivity index (χ0n) is 12.4. The van der Waals surface area contributed by atoms with Crippen molar-refractivity contribution >= 4 is 11.6 Å². The van der Waals surface area contributed by atoms with Gasteiger partial charge in [-0.2, -0.15) is 5.10 Å². The van der Waals surface area contributed by atoms with Crippen LogP contribution >= 0.6 is 0 Å². The molecule has 3 N–H and O–H groups in total. The zero-order valence-corrected chi connectivity index (χ0v) is 12.4. The Labute approximate surface area is 114 Å². The molecule has 0 radical (unpaired) electrons. The van der Waals surface area contributed by atoms with Crippen molar-refractivity contribution in [1.29, 1.82) is 0 Å². The predicted molar refractivity (Wildman–Crippen MR) is 74.8 cm³/mol. The maximum absolute atomic E-state index is 12.3. The van der Waals surface area contributed by atoms with Gasteiger partial charge < -0.3 is 15.8 Å². The summed E-state index contributed by atoms with van der Waals surface area (Å²) in [4.78, 5) is 12.3. The van der Waals surface area contributed by atoms with E-state index in [2.05, 4.69) is 10.4 Å². The van der Waals surface area contributed by atoms with Crippen molar-refractivity contribution in [2.45, 2.75) is 39.8 Å². The van der Waals surface area contributed by atoms with Crippen molar-refractivity contribution in [3.05, 3.63) is 12.4 Å². The quantitative estimate of drug-likeness (QED) is 0.813. The van der Waals surface area contributed by atoms with E-state index in [1.807, 2.05) is 27.7 Å². The Morgan fingerprint density at radius 3 is 2.63 bits per heavy atom. The average Bonchev–Trinajstić information content (AvgIpc) is 2.72. The molecule has 1 aromatic heterocycles. The largest absolute Gasteiger partial charge is 0.383 e. The van der Waals surface area contributed by atoms with E-state index in [0.717, 1.165) is 0 Å². The van der Waals surface area contributed by atoms with Crippen LogP contribution in [0.3, 0.4) is 0 Å². The maximum atomic E-state index is 12.3. The number of hydrogen-bond donors (Lipinski definition) is 2. The number of carbonyl (C=O) groups is 1. The van der Waals surface area contributed by atoms with E-state index in [4.69, 9.17) is 10.5 Å². The summed E-state index contributed by atoms with van der Waals surface area (Å²) in [6.07, 6.45) is 3.39. The number of amides is 1. The van der Waals surface area contributed by atoms with Crippen LogP contribution in [0, 0.1) is 5.41 Å². The van der Waals surface area contributed by atoms with Crippen LogP contribution in [0.15, 0.2) is 12.4 Å². The van der Waals surface area contributed by atoms with E-state index < -0.39 is 11.0 Å². The second kappa shape index (κ2) is 5.71. The van der Waals surface area contributed by atoms with Crippen molar-refractivity contribution in [3.63, 3.8) is 0 Å². The van der Waals surface area contributed by atoms with Crippen molar-refractivity contribution in [2.75, 3.05) is 19.0 Å². The number of aromatic nitrogens is 2. The van der Waals surface area contributed by atoms with Gasteiger partial charge in [-0.1, -0.05) is 0 Å². The summed E-state index contributed by atoms with van der Waals surface area (Å²) in [5.74, 6) is -0.119. The van der Waals surface area contributed by atoms with Gasteiger partial charge in [-0.25, -0.2) is 0 Å². The number of nitrogens with one attached hydrogen (secondary N) is 1. The van der Waals surface area contributed by atoms with Crippen molar-refractivity contribution in [2.24, 2.45) is 11.1 Å². The first-order valence-electron chi connectivity index (χ1n) is 6.30. The Hall–Kier alpha value is -1.40. The van der Waals surface area contributed by atoms with Gasteiger partial charge in [0.25, 0.3) is 0 Å². The maximum Gasteiger partial charge on any atom is 0.231 e. The lowest BCUT2D eigenvalue weighted by molar-refractivity contribution is -0.126. The highest BCUT2D eigenvalue weighted by molar-refractivity contribution is 5.95. The molecule has 19 heavy (non-hydrogen) atoms. The van der Waals surface area contributed by atoms with Crippen molar-refractivity contribution in [3.8, 4) is 0 Å². The highest BCUT2D eigenvalue weighted by atomic mass is 16.5. The van der Waals surface area contributed by atoms with Crippen LogP contribution in [0.2, 0.25) is 0 Å². The summed E-state index contributed by atoms with van der Waals surface area (Å²) in [6.45, 7) is 8.58. The topological polar surface area (TPSA) is 82.2 Å². The van der Waals surface area contributed by atoms with Crippen LogP contribution in [0.1, 0.15) is 27.7 Å². The van der Waals surface area contributed by atoms with Gasteiger partial charge >= 0.3 is 0 Å². The Kier molecular flexibility index (Phi) is 4.70. The van der Waals surface area contributed by atoms with Gasteiger partial charge in [0.2, 0.25) is 5.91 Å². The Balaban J connectivity index is 2.69. The first-order chi connectivity index (χ1) is 8.68. The molecule has 0 saturated heterocycles. The number of nitrogens with two attached hydrogens (primary N) is 1. The minimum Gasteiger partial charge on any atom is -0.383 e. The van der Waals surface area contributed by atoms with Crippen LogP contribution in [0.5, 0.6) is 0 Å². The third-order valence-electron chi connectivity index (χ3n) is 3.59. The molecule has 0 atom stereocenters. The van der Waals surface area contributed by atoms with Gasteiger partial charge in [0.05, 0.1) is 30.5 Å². The van der Waals surface area contributed by atoms with E-state index in [1.54, 1.807) is 24.2 Å². The van der Waals surface area contributed by atoms with Gasteiger partial charge in [-0.15, -0.1) is 0 Å². The van der Waals surface area contributed by atoms with Gasteiger partial charge in [0.1, 0.15) is 0 Å². The molecule has 0 aliphatic heterocycles.